The van der Waals surface area contributed by atoms with Crippen molar-refractivity contribution in [1.82, 2.24) is 0 Å². The van der Waals surface area contributed by atoms with E-state index in [2.05, 4.69) is 0 Å². The van der Waals surface area contributed by atoms with Gasteiger partial charge in [-0.2, -0.15) is 0 Å². The van der Waals surface area contributed by atoms with Crippen LogP contribution in [0.4, 0.5) is 4.39 Å². The second-order valence-corrected chi connectivity index (χ2v) is 7.30. The number of benzene rings is 1. The monoisotopic (exact) mass is 274 g/mol. The predicted molar refractivity (Wildman–Crippen MR) is 72.8 cm³/mol. The van der Waals surface area contributed by atoms with E-state index >= 15 is 0 Å². The minimum atomic E-state index is -0.625. The number of ketones is 1. The summed E-state index contributed by atoms with van der Waals surface area (Å²) in [6, 6.07) is 5.87. The van der Waals surface area contributed by atoms with Crippen molar-refractivity contribution in [3.8, 4) is 0 Å². The summed E-state index contributed by atoms with van der Waals surface area (Å²) in [6.45, 7) is 0. The van der Waals surface area contributed by atoms with Crippen molar-refractivity contribution < 1.29 is 14.3 Å². The van der Waals surface area contributed by atoms with Crippen LogP contribution in [0.2, 0.25) is 0 Å². The molecule has 1 N–H and O–H groups in total. The maximum absolute atomic E-state index is 13.0. The van der Waals surface area contributed by atoms with Gasteiger partial charge in [-0.05, 0) is 74.6 Å². The quantitative estimate of drug-likeness (QED) is 0.840. The van der Waals surface area contributed by atoms with Crippen LogP contribution in [0.1, 0.15) is 48.9 Å². The van der Waals surface area contributed by atoms with Crippen LogP contribution in [-0.2, 0) is 0 Å². The molecule has 4 aliphatic rings. The van der Waals surface area contributed by atoms with Crippen LogP contribution >= 0.6 is 0 Å². The Morgan fingerprint density at radius 2 is 1.70 bits per heavy atom. The number of hydrogen-bond acceptors (Lipinski definition) is 2. The number of carbonyl (C=O) groups is 1. The van der Waals surface area contributed by atoms with Gasteiger partial charge >= 0.3 is 0 Å². The first-order chi connectivity index (χ1) is 9.48. The van der Waals surface area contributed by atoms with Crippen LogP contribution in [-0.4, -0.2) is 16.5 Å². The van der Waals surface area contributed by atoms with E-state index in [1.807, 2.05) is 0 Å². The molecule has 1 aromatic rings. The van der Waals surface area contributed by atoms with Crippen molar-refractivity contribution in [3.05, 3.63) is 35.6 Å². The topological polar surface area (TPSA) is 37.3 Å². The Morgan fingerprint density at radius 3 is 2.25 bits per heavy atom. The van der Waals surface area contributed by atoms with E-state index in [4.69, 9.17) is 0 Å². The fourth-order valence-electron chi connectivity index (χ4n) is 5.39. The lowest BCUT2D eigenvalue weighted by atomic mass is 9.46. The molecule has 1 aromatic carbocycles. The van der Waals surface area contributed by atoms with E-state index in [0.29, 0.717) is 23.8 Å². The minimum Gasteiger partial charge on any atom is -0.390 e. The third-order valence-electron chi connectivity index (χ3n) is 5.62. The third kappa shape index (κ3) is 1.76. The molecular weight excluding hydrogens is 255 g/mol. The highest BCUT2D eigenvalue weighted by Gasteiger charge is 2.59. The molecule has 4 saturated carbocycles. The summed E-state index contributed by atoms with van der Waals surface area (Å²) < 4.78 is 13.0. The lowest BCUT2D eigenvalue weighted by Gasteiger charge is -2.59. The maximum Gasteiger partial charge on any atom is 0.169 e. The SMILES string of the molecule is O=C(c1ccc(F)cc1)C12CC3CC(CC(O)(C3)C1)C2. The molecule has 0 saturated heterocycles. The molecule has 2 unspecified atom stereocenters. The van der Waals surface area contributed by atoms with Gasteiger partial charge < -0.3 is 5.11 Å². The van der Waals surface area contributed by atoms with Crippen LogP contribution in [0, 0.1) is 23.1 Å². The van der Waals surface area contributed by atoms with E-state index in [1.165, 1.54) is 18.6 Å². The fraction of sp³-hybridized carbons (Fsp3) is 0.588. The molecule has 5 rings (SSSR count). The summed E-state index contributed by atoms with van der Waals surface area (Å²) in [5.74, 6) is 0.784. The Morgan fingerprint density at radius 1 is 1.10 bits per heavy atom. The van der Waals surface area contributed by atoms with Crippen molar-refractivity contribution >= 4 is 5.78 Å². The summed E-state index contributed by atoms with van der Waals surface area (Å²) in [5, 5.41) is 10.7. The molecule has 0 aliphatic heterocycles. The lowest BCUT2D eigenvalue weighted by molar-refractivity contribution is -0.148. The Kier molecular flexibility index (Phi) is 2.45. The van der Waals surface area contributed by atoms with E-state index in [9.17, 15) is 14.3 Å². The van der Waals surface area contributed by atoms with Gasteiger partial charge in [-0.15, -0.1) is 0 Å². The van der Waals surface area contributed by atoms with E-state index in [1.54, 1.807) is 12.1 Å². The molecule has 4 bridgehead atoms. The predicted octanol–water partition coefficient (Wildman–Crippen LogP) is 3.34. The molecule has 106 valence electrons. The molecule has 0 radical (unpaired) electrons. The van der Waals surface area contributed by atoms with Crippen LogP contribution in [0.3, 0.4) is 0 Å². The summed E-state index contributed by atoms with van der Waals surface area (Å²) >= 11 is 0. The van der Waals surface area contributed by atoms with Crippen molar-refractivity contribution in [1.29, 1.82) is 0 Å². The Bertz CT molecular complexity index is 549. The molecular formula is C17H19FO2. The first-order valence-electron chi connectivity index (χ1n) is 7.51. The standard InChI is InChI=1S/C17H19FO2/c18-14-3-1-13(2-4-14)15(19)16-6-11-5-12(7-16)9-17(20,8-11)10-16/h1-4,11-12,20H,5-10H2. The fourth-order valence-corrected chi connectivity index (χ4v) is 5.39. The van der Waals surface area contributed by atoms with E-state index < -0.39 is 11.0 Å². The molecule has 2 nitrogen and oxygen atoms in total. The van der Waals surface area contributed by atoms with Crippen LogP contribution < -0.4 is 0 Å². The summed E-state index contributed by atoms with van der Waals surface area (Å²) in [4.78, 5) is 12.9. The molecule has 4 aliphatic carbocycles. The zero-order valence-electron chi connectivity index (χ0n) is 11.4. The minimum absolute atomic E-state index is 0.116. The molecule has 0 aromatic heterocycles. The number of Topliss-reactive ketones (excluding diaryl/α,β-unsaturated/α-hetero) is 1. The molecule has 0 heterocycles. The van der Waals surface area contributed by atoms with Crippen LogP contribution in [0.25, 0.3) is 0 Å². The van der Waals surface area contributed by atoms with Gasteiger partial charge in [0, 0.05) is 11.0 Å². The van der Waals surface area contributed by atoms with Gasteiger partial charge in [0.2, 0.25) is 0 Å². The first kappa shape index (κ1) is 12.5. The van der Waals surface area contributed by atoms with Gasteiger partial charge in [-0.25, -0.2) is 4.39 Å². The van der Waals surface area contributed by atoms with Gasteiger partial charge in [-0.3, -0.25) is 4.79 Å². The summed E-state index contributed by atoms with van der Waals surface area (Å²) in [5.41, 5.74) is -0.423. The highest BCUT2D eigenvalue weighted by molar-refractivity contribution is 6.00. The molecule has 4 fully saturated rings. The van der Waals surface area contributed by atoms with Crippen molar-refractivity contribution in [3.63, 3.8) is 0 Å². The molecule has 20 heavy (non-hydrogen) atoms. The molecule has 3 heteroatoms. The van der Waals surface area contributed by atoms with Crippen molar-refractivity contribution in [2.75, 3.05) is 0 Å². The normalized spacial score (nSPS) is 41.9. The summed E-state index contributed by atoms with van der Waals surface area (Å²) in [7, 11) is 0. The van der Waals surface area contributed by atoms with E-state index in [-0.39, 0.29) is 11.6 Å². The Labute approximate surface area is 118 Å². The Hall–Kier alpha value is -1.22. The third-order valence-corrected chi connectivity index (χ3v) is 5.62. The second kappa shape index (κ2) is 3.91. The maximum atomic E-state index is 13.0. The molecule has 0 amide bonds. The highest BCUT2D eigenvalue weighted by Crippen LogP contribution is 2.62. The van der Waals surface area contributed by atoms with Crippen LogP contribution in [0.15, 0.2) is 24.3 Å². The summed E-state index contributed by atoms with van der Waals surface area (Å²) in [6.07, 6.45) is 5.30. The van der Waals surface area contributed by atoms with Gasteiger partial charge in [0.25, 0.3) is 0 Å². The lowest BCUT2D eigenvalue weighted by Crippen LogP contribution is -2.58. The number of carbonyl (C=O) groups excluding carboxylic acids is 1. The Balaban J connectivity index is 1.70. The van der Waals surface area contributed by atoms with Crippen molar-refractivity contribution in [2.45, 2.75) is 44.1 Å². The molecule has 0 spiro atoms. The van der Waals surface area contributed by atoms with Gasteiger partial charge in [0.05, 0.1) is 5.60 Å². The smallest absolute Gasteiger partial charge is 0.169 e. The van der Waals surface area contributed by atoms with Gasteiger partial charge in [0.15, 0.2) is 5.78 Å². The number of rotatable bonds is 2. The van der Waals surface area contributed by atoms with Gasteiger partial charge in [-0.1, -0.05) is 0 Å². The highest BCUT2D eigenvalue weighted by atomic mass is 19.1. The number of halogens is 1. The van der Waals surface area contributed by atoms with Crippen LogP contribution in [0.5, 0.6) is 0 Å². The first-order valence-corrected chi connectivity index (χ1v) is 7.51. The average molecular weight is 274 g/mol. The van der Waals surface area contributed by atoms with Gasteiger partial charge in [0.1, 0.15) is 5.82 Å². The largest absolute Gasteiger partial charge is 0.390 e. The van der Waals surface area contributed by atoms with E-state index in [0.717, 1.165) is 25.7 Å². The average Bonchev–Trinajstić information content (AvgIpc) is 2.36. The number of hydrogen-bond donors (Lipinski definition) is 1. The second-order valence-electron chi connectivity index (χ2n) is 7.30. The van der Waals surface area contributed by atoms with Crippen molar-refractivity contribution in [2.24, 2.45) is 17.3 Å². The zero-order valence-corrected chi connectivity index (χ0v) is 11.4. The molecule has 2 atom stereocenters. The zero-order chi connectivity index (χ0) is 14.0. The number of aliphatic hydroxyl groups is 1.